The lowest BCUT2D eigenvalue weighted by molar-refractivity contribution is 0.322. The van der Waals surface area contributed by atoms with E-state index in [0.29, 0.717) is 24.7 Å². The number of hydrogen-bond donors (Lipinski definition) is 2. The molecule has 0 aliphatic rings. The molecule has 0 aliphatic carbocycles. The number of nitrogens with one attached hydrogen (secondary N) is 2. The van der Waals surface area contributed by atoms with E-state index in [9.17, 15) is 0 Å². The third-order valence-corrected chi connectivity index (χ3v) is 3.26. The molecule has 0 aliphatic heterocycles. The Labute approximate surface area is 140 Å². The van der Waals surface area contributed by atoms with E-state index >= 15 is 0 Å². The van der Waals surface area contributed by atoms with Crippen LogP contribution in [0.1, 0.15) is 12.7 Å². The molecule has 2 rings (SSSR count). The largest absolute Gasteiger partial charge is 0.492 e. The van der Waals surface area contributed by atoms with Gasteiger partial charge in [-0.1, -0.05) is 11.6 Å². The first-order valence-corrected chi connectivity index (χ1v) is 7.80. The van der Waals surface area contributed by atoms with E-state index in [0.717, 1.165) is 24.1 Å². The molecule has 23 heavy (non-hydrogen) atoms. The van der Waals surface area contributed by atoms with Crippen molar-refractivity contribution in [1.29, 1.82) is 0 Å². The Balaban J connectivity index is 1.77. The maximum absolute atomic E-state index is 5.83. The van der Waals surface area contributed by atoms with Gasteiger partial charge >= 0.3 is 0 Å². The molecule has 0 atom stereocenters. The number of aromatic nitrogens is 3. The predicted molar refractivity (Wildman–Crippen MR) is 90.8 cm³/mol. The summed E-state index contributed by atoms with van der Waals surface area (Å²) in [6, 6.07) is 7.29. The molecular formula is C15H21ClN6O. The summed E-state index contributed by atoms with van der Waals surface area (Å²) in [7, 11) is 1.85. The van der Waals surface area contributed by atoms with Crippen LogP contribution in [0.5, 0.6) is 5.75 Å². The van der Waals surface area contributed by atoms with Crippen LogP contribution in [-0.2, 0) is 13.6 Å². The van der Waals surface area contributed by atoms with Crippen LogP contribution in [0, 0.1) is 0 Å². The molecule has 7 nitrogen and oxygen atoms in total. The fourth-order valence-electron chi connectivity index (χ4n) is 1.82. The zero-order valence-electron chi connectivity index (χ0n) is 13.3. The number of halogens is 1. The molecule has 0 radical (unpaired) electrons. The van der Waals surface area contributed by atoms with Crippen molar-refractivity contribution >= 4 is 17.6 Å². The summed E-state index contributed by atoms with van der Waals surface area (Å²) in [6.07, 6.45) is 1.52. The molecule has 1 aromatic carbocycles. The highest BCUT2D eigenvalue weighted by Gasteiger charge is 2.01. The zero-order valence-corrected chi connectivity index (χ0v) is 14.0. The molecule has 0 unspecified atom stereocenters. The van der Waals surface area contributed by atoms with Gasteiger partial charge in [0.2, 0.25) is 0 Å². The SMILES string of the molecule is CCNC(=NCc1ncnn1C)NCCOc1ccc(Cl)cc1. The van der Waals surface area contributed by atoms with Crippen LogP contribution >= 0.6 is 11.6 Å². The number of benzene rings is 1. The molecule has 0 spiro atoms. The first-order chi connectivity index (χ1) is 11.2. The number of aryl methyl sites for hydroxylation is 1. The Morgan fingerprint density at radius 3 is 2.74 bits per heavy atom. The van der Waals surface area contributed by atoms with Gasteiger partial charge in [-0.15, -0.1) is 0 Å². The quantitative estimate of drug-likeness (QED) is 0.456. The van der Waals surface area contributed by atoms with E-state index < -0.39 is 0 Å². The Morgan fingerprint density at radius 2 is 2.09 bits per heavy atom. The monoisotopic (exact) mass is 336 g/mol. The van der Waals surface area contributed by atoms with Crippen molar-refractivity contribution in [3.8, 4) is 5.75 Å². The van der Waals surface area contributed by atoms with Crippen LogP contribution in [0.2, 0.25) is 5.02 Å². The Hall–Kier alpha value is -2.28. The predicted octanol–water partition coefficient (Wildman–Crippen LogP) is 1.60. The third kappa shape index (κ3) is 5.78. The van der Waals surface area contributed by atoms with Gasteiger partial charge in [0.15, 0.2) is 5.96 Å². The smallest absolute Gasteiger partial charge is 0.191 e. The average molecular weight is 337 g/mol. The first kappa shape index (κ1) is 17.1. The Morgan fingerprint density at radius 1 is 1.30 bits per heavy atom. The molecule has 0 amide bonds. The number of hydrogen-bond acceptors (Lipinski definition) is 4. The summed E-state index contributed by atoms with van der Waals surface area (Å²) in [5, 5.41) is 11.1. The molecule has 124 valence electrons. The maximum atomic E-state index is 5.83. The van der Waals surface area contributed by atoms with E-state index in [-0.39, 0.29) is 0 Å². The fraction of sp³-hybridized carbons (Fsp3) is 0.400. The highest BCUT2D eigenvalue weighted by molar-refractivity contribution is 6.30. The summed E-state index contributed by atoms with van der Waals surface area (Å²) in [5.41, 5.74) is 0. The number of guanidine groups is 1. The van der Waals surface area contributed by atoms with Gasteiger partial charge in [0.05, 0.1) is 6.54 Å². The number of rotatable bonds is 7. The van der Waals surface area contributed by atoms with Crippen molar-refractivity contribution < 1.29 is 4.74 Å². The van der Waals surface area contributed by atoms with Gasteiger partial charge in [-0.05, 0) is 31.2 Å². The molecule has 0 saturated heterocycles. The molecule has 0 saturated carbocycles. The molecule has 2 aromatic rings. The summed E-state index contributed by atoms with van der Waals surface area (Å²) in [4.78, 5) is 8.62. The van der Waals surface area contributed by atoms with Crippen LogP contribution in [0.15, 0.2) is 35.6 Å². The molecule has 0 fully saturated rings. The lowest BCUT2D eigenvalue weighted by Crippen LogP contribution is -2.39. The summed E-state index contributed by atoms with van der Waals surface area (Å²) >= 11 is 5.83. The average Bonchev–Trinajstić information content (AvgIpc) is 2.96. The van der Waals surface area contributed by atoms with Crippen molar-refractivity contribution in [3.05, 3.63) is 41.4 Å². The Kier molecular flexibility index (Phi) is 6.68. The number of ether oxygens (including phenoxy) is 1. The molecule has 2 N–H and O–H groups in total. The standard InChI is InChI=1S/C15H21ClN6O/c1-3-17-15(19-10-14-20-11-21-22(14)2)18-8-9-23-13-6-4-12(16)5-7-13/h4-7,11H,3,8-10H2,1-2H3,(H2,17,18,19). The first-order valence-electron chi connectivity index (χ1n) is 7.42. The Bertz CT molecular complexity index is 625. The lowest BCUT2D eigenvalue weighted by atomic mass is 10.3. The van der Waals surface area contributed by atoms with Gasteiger partial charge in [-0.25, -0.2) is 9.98 Å². The minimum absolute atomic E-state index is 0.462. The minimum atomic E-state index is 0.462. The zero-order chi connectivity index (χ0) is 16.5. The van der Waals surface area contributed by atoms with Gasteiger partial charge in [-0.2, -0.15) is 5.10 Å². The van der Waals surface area contributed by atoms with Crippen molar-refractivity contribution in [2.75, 3.05) is 19.7 Å². The second-order valence-electron chi connectivity index (χ2n) is 4.72. The highest BCUT2D eigenvalue weighted by atomic mass is 35.5. The van der Waals surface area contributed by atoms with E-state index in [2.05, 4.69) is 25.7 Å². The molecule has 1 heterocycles. The topological polar surface area (TPSA) is 76.4 Å². The maximum Gasteiger partial charge on any atom is 0.191 e. The van der Waals surface area contributed by atoms with Crippen LogP contribution in [0.25, 0.3) is 0 Å². The van der Waals surface area contributed by atoms with E-state index in [1.165, 1.54) is 6.33 Å². The molecule has 8 heteroatoms. The summed E-state index contributed by atoms with van der Waals surface area (Å²) < 4.78 is 7.33. The van der Waals surface area contributed by atoms with Crippen molar-refractivity contribution in [1.82, 2.24) is 25.4 Å². The minimum Gasteiger partial charge on any atom is -0.492 e. The molecule has 0 bridgehead atoms. The summed E-state index contributed by atoms with van der Waals surface area (Å²) in [5.74, 6) is 2.31. The second kappa shape index (κ2) is 8.99. The molecular weight excluding hydrogens is 316 g/mol. The second-order valence-corrected chi connectivity index (χ2v) is 5.16. The summed E-state index contributed by atoms with van der Waals surface area (Å²) in [6.45, 7) is 4.42. The van der Waals surface area contributed by atoms with Crippen LogP contribution < -0.4 is 15.4 Å². The molecule has 1 aromatic heterocycles. The fourth-order valence-corrected chi connectivity index (χ4v) is 1.95. The van der Waals surface area contributed by atoms with Crippen LogP contribution in [0.3, 0.4) is 0 Å². The van der Waals surface area contributed by atoms with Crippen LogP contribution in [0.4, 0.5) is 0 Å². The van der Waals surface area contributed by atoms with Crippen molar-refractivity contribution in [3.63, 3.8) is 0 Å². The van der Waals surface area contributed by atoms with E-state index in [1.807, 2.05) is 26.1 Å². The van der Waals surface area contributed by atoms with Crippen molar-refractivity contribution in [2.24, 2.45) is 12.0 Å². The van der Waals surface area contributed by atoms with Gasteiger partial charge in [0.1, 0.15) is 31.1 Å². The van der Waals surface area contributed by atoms with Crippen LogP contribution in [-0.4, -0.2) is 40.4 Å². The third-order valence-electron chi connectivity index (χ3n) is 3.00. The van der Waals surface area contributed by atoms with Gasteiger partial charge in [-0.3, -0.25) is 4.68 Å². The normalized spacial score (nSPS) is 11.3. The van der Waals surface area contributed by atoms with E-state index in [1.54, 1.807) is 16.8 Å². The number of nitrogens with zero attached hydrogens (tertiary/aromatic N) is 4. The highest BCUT2D eigenvalue weighted by Crippen LogP contribution is 2.15. The van der Waals surface area contributed by atoms with Gasteiger partial charge in [0, 0.05) is 18.6 Å². The van der Waals surface area contributed by atoms with Gasteiger partial charge in [0.25, 0.3) is 0 Å². The number of aliphatic imine (C=N–C) groups is 1. The van der Waals surface area contributed by atoms with Gasteiger partial charge < -0.3 is 15.4 Å². The lowest BCUT2D eigenvalue weighted by Gasteiger charge is -2.12. The van der Waals surface area contributed by atoms with Crippen molar-refractivity contribution in [2.45, 2.75) is 13.5 Å². The van der Waals surface area contributed by atoms with E-state index in [4.69, 9.17) is 16.3 Å².